The van der Waals surface area contributed by atoms with E-state index in [0.29, 0.717) is 6.54 Å². The zero-order valence-corrected chi connectivity index (χ0v) is 9.91. The van der Waals surface area contributed by atoms with Gasteiger partial charge in [0.15, 0.2) is 6.61 Å². The van der Waals surface area contributed by atoms with E-state index < -0.39 is 18.8 Å². The average Bonchev–Trinajstić information content (AvgIpc) is 2.26. The van der Waals surface area contributed by atoms with Gasteiger partial charge in [0.25, 0.3) is 0 Å². The van der Waals surface area contributed by atoms with Crippen LogP contribution in [-0.4, -0.2) is 40.9 Å². The lowest BCUT2D eigenvalue weighted by Gasteiger charge is -2.10. The molecule has 0 aromatic carbocycles. The molecule has 18 heavy (non-hydrogen) atoms. The second-order valence-corrected chi connectivity index (χ2v) is 3.09. The SMILES string of the molecule is CCNc1nc(OCC)nc(OCC(F)(F)F)n1. The van der Waals surface area contributed by atoms with Gasteiger partial charge in [-0.2, -0.15) is 23.1 Å². The molecule has 0 atom stereocenters. The summed E-state index contributed by atoms with van der Waals surface area (Å²) in [5.74, 6) is 0.105. The number of halogens is 3. The van der Waals surface area contributed by atoms with Gasteiger partial charge in [0, 0.05) is 6.54 Å². The lowest BCUT2D eigenvalue weighted by molar-refractivity contribution is -0.154. The average molecular weight is 266 g/mol. The molecular weight excluding hydrogens is 253 g/mol. The van der Waals surface area contributed by atoms with Gasteiger partial charge in [-0.05, 0) is 13.8 Å². The van der Waals surface area contributed by atoms with E-state index >= 15 is 0 Å². The zero-order valence-electron chi connectivity index (χ0n) is 9.91. The summed E-state index contributed by atoms with van der Waals surface area (Å²) in [4.78, 5) is 11.1. The van der Waals surface area contributed by atoms with Crippen molar-refractivity contribution in [1.29, 1.82) is 0 Å². The van der Waals surface area contributed by atoms with Crippen molar-refractivity contribution < 1.29 is 22.6 Å². The van der Waals surface area contributed by atoms with Crippen LogP contribution in [-0.2, 0) is 0 Å². The monoisotopic (exact) mass is 266 g/mol. The first kappa shape index (κ1) is 14.3. The Hall–Kier alpha value is -1.80. The minimum atomic E-state index is -4.45. The number of ether oxygens (including phenoxy) is 2. The van der Waals surface area contributed by atoms with E-state index in [1.165, 1.54) is 0 Å². The lowest BCUT2D eigenvalue weighted by atomic mass is 10.7. The Bertz CT molecular complexity index is 362. The summed E-state index contributed by atoms with van der Waals surface area (Å²) in [5.41, 5.74) is 0. The first-order chi connectivity index (χ1) is 8.44. The molecule has 0 amide bonds. The van der Waals surface area contributed by atoms with Gasteiger partial charge >= 0.3 is 18.2 Å². The molecular formula is C9H13F3N4O2. The Balaban J connectivity index is 2.81. The van der Waals surface area contributed by atoms with Crippen LogP contribution in [0.5, 0.6) is 12.0 Å². The number of alkyl halides is 3. The molecule has 9 heteroatoms. The summed E-state index contributed by atoms with van der Waals surface area (Å²) in [7, 11) is 0. The van der Waals surface area contributed by atoms with Gasteiger partial charge in [0.2, 0.25) is 5.95 Å². The van der Waals surface area contributed by atoms with Crippen molar-refractivity contribution in [1.82, 2.24) is 15.0 Å². The van der Waals surface area contributed by atoms with E-state index in [9.17, 15) is 13.2 Å². The molecule has 0 aliphatic rings. The third-order valence-corrected chi connectivity index (χ3v) is 1.57. The molecule has 0 aliphatic carbocycles. The molecule has 0 saturated carbocycles. The molecule has 0 spiro atoms. The number of hydrogen-bond donors (Lipinski definition) is 1. The summed E-state index contributed by atoms with van der Waals surface area (Å²) in [5, 5.41) is 2.74. The van der Waals surface area contributed by atoms with Crippen LogP contribution in [0.15, 0.2) is 0 Å². The van der Waals surface area contributed by atoms with Gasteiger partial charge in [-0.15, -0.1) is 4.98 Å². The number of hydrogen-bond acceptors (Lipinski definition) is 6. The van der Waals surface area contributed by atoms with E-state index in [4.69, 9.17) is 4.74 Å². The third kappa shape index (κ3) is 5.02. The van der Waals surface area contributed by atoms with Crippen LogP contribution in [0.1, 0.15) is 13.8 Å². The Morgan fingerprint density at radius 3 is 2.17 bits per heavy atom. The fourth-order valence-electron chi connectivity index (χ4n) is 0.980. The summed E-state index contributed by atoms with van der Waals surface area (Å²) in [6, 6.07) is -0.512. The van der Waals surface area contributed by atoms with Crippen molar-refractivity contribution in [3.05, 3.63) is 0 Å². The van der Waals surface area contributed by atoms with Crippen molar-refractivity contribution in [2.24, 2.45) is 0 Å². The van der Waals surface area contributed by atoms with Crippen LogP contribution < -0.4 is 14.8 Å². The van der Waals surface area contributed by atoms with Gasteiger partial charge in [-0.1, -0.05) is 0 Å². The lowest BCUT2D eigenvalue weighted by Crippen LogP contribution is -2.20. The first-order valence-electron chi connectivity index (χ1n) is 5.27. The number of nitrogens with one attached hydrogen (secondary N) is 1. The summed E-state index contributed by atoms with van der Waals surface area (Å²) >= 11 is 0. The minimum Gasteiger partial charge on any atom is -0.464 e. The maximum atomic E-state index is 12.0. The van der Waals surface area contributed by atoms with E-state index in [2.05, 4.69) is 25.0 Å². The molecule has 0 bridgehead atoms. The number of aromatic nitrogens is 3. The maximum Gasteiger partial charge on any atom is 0.422 e. The Kier molecular flexibility index (Phi) is 4.93. The second kappa shape index (κ2) is 6.22. The number of nitrogens with zero attached hydrogens (tertiary/aromatic N) is 3. The predicted molar refractivity (Wildman–Crippen MR) is 56.7 cm³/mol. The van der Waals surface area contributed by atoms with Crippen LogP contribution in [0.4, 0.5) is 19.1 Å². The standard InChI is InChI=1S/C9H13F3N4O2/c1-3-13-6-14-7(17-4-2)16-8(15-6)18-5-9(10,11)12/h3-5H2,1-2H3,(H,13,14,15,16). The Labute approximate surface area is 102 Å². The van der Waals surface area contributed by atoms with Crippen LogP contribution in [0.3, 0.4) is 0 Å². The summed E-state index contributed by atoms with van der Waals surface area (Å²) < 4.78 is 45.4. The highest BCUT2D eigenvalue weighted by molar-refractivity contribution is 5.27. The molecule has 0 fully saturated rings. The van der Waals surface area contributed by atoms with Crippen molar-refractivity contribution in [2.45, 2.75) is 20.0 Å². The van der Waals surface area contributed by atoms with E-state index in [0.717, 1.165) is 0 Å². The van der Waals surface area contributed by atoms with E-state index in [1.807, 2.05) is 0 Å². The fraction of sp³-hybridized carbons (Fsp3) is 0.667. The number of rotatable bonds is 6. The van der Waals surface area contributed by atoms with Crippen molar-refractivity contribution in [2.75, 3.05) is 25.1 Å². The molecule has 1 aromatic rings. The van der Waals surface area contributed by atoms with Gasteiger partial charge in [0.05, 0.1) is 6.61 Å². The van der Waals surface area contributed by atoms with Crippen LogP contribution in [0, 0.1) is 0 Å². The summed E-state index contributed by atoms with van der Waals surface area (Å²) in [6.45, 7) is 2.82. The fourth-order valence-corrected chi connectivity index (χ4v) is 0.980. The molecule has 1 aromatic heterocycles. The van der Waals surface area contributed by atoms with Gasteiger partial charge < -0.3 is 14.8 Å². The van der Waals surface area contributed by atoms with E-state index in [1.54, 1.807) is 13.8 Å². The highest BCUT2D eigenvalue weighted by Gasteiger charge is 2.29. The van der Waals surface area contributed by atoms with Gasteiger partial charge in [-0.25, -0.2) is 0 Å². The molecule has 1 rings (SSSR count). The summed E-state index contributed by atoms with van der Waals surface area (Å²) in [6.07, 6.45) is -4.45. The highest BCUT2D eigenvalue weighted by atomic mass is 19.4. The molecule has 0 aliphatic heterocycles. The predicted octanol–water partition coefficient (Wildman–Crippen LogP) is 1.64. The maximum absolute atomic E-state index is 12.0. The molecule has 6 nitrogen and oxygen atoms in total. The Morgan fingerprint density at radius 2 is 1.67 bits per heavy atom. The smallest absolute Gasteiger partial charge is 0.422 e. The molecule has 0 unspecified atom stereocenters. The van der Waals surface area contributed by atoms with Crippen LogP contribution >= 0.6 is 0 Å². The topological polar surface area (TPSA) is 69.2 Å². The van der Waals surface area contributed by atoms with Crippen LogP contribution in [0.25, 0.3) is 0 Å². The van der Waals surface area contributed by atoms with Gasteiger partial charge in [0.1, 0.15) is 0 Å². The van der Waals surface area contributed by atoms with Crippen molar-refractivity contribution in [3.63, 3.8) is 0 Å². The highest BCUT2D eigenvalue weighted by Crippen LogP contribution is 2.18. The number of anilines is 1. The molecule has 0 saturated heterocycles. The first-order valence-corrected chi connectivity index (χ1v) is 5.27. The normalized spacial score (nSPS) is 11.2. The molecule has 1 heterocycles. The zero-order chi connectivity index (χ0) is 13.6. The largest absolute Gasteiger partial charge is 0.464 e. The molecule has 0 radical (unpaired) electrons. The Morgan fingerprint density at radius 1 is 1.06 bits per heavy atom. The van der Waals surface area contributed by atoms with Gasteiger partial charge in [-0.3, -0.25) is 0 Å². The van der Waals surface area contributed by atoms with Crippen LogP contribution in [0.2, 0.25) is 0 Å². The quantitative estimate of drug-likeness (QED) is 0.844. The molecule has 1 N–H and O–H groups in total. The minimum absolute atomic E-state index is 0.0828. The molecule has 102 valence electrons. The van der Waals surface area contributed by atoms with Crippen molar-refractivity contribution in [3.8, 4) is 12.0 Å². The third-order valence-electron chi connectivity index (χ3n) is 1.57. The van der Waals surface area contributed by atoms with Crippen molar-refractivity contribution >= 4 is 5.95 Å². The second-order valence-electron chi connectivity index (χ2n) is 3.09. The van der Waals surface area contributed by atoms with E-state index in [-0.39, 0.29) is 18.6 Å².